The number of hydrogen-bond acceptors (Lipinski definition) is 10. The van der Waals surface area contributed by atoms with Crippen molar-refractivity contribution in [3.63, 3.8) is 0 Å². The minimum absolute atomic E-state index is 0.240. The Kier molecular flexibility index (Phi) is 7.56. The summed E-state index contributed by atoms with van der Waals surface area (Å²) >= 11 is 10.7. The van der Waals surface area contributed by atoms with E-state index in [1.54, 1.807) is 12.4 Å². The molecule has 3 heterocycles. The Labute approximate surface area is 218 Å². The number of rotatable bonds is 6. The van der Waals surface area contributed by atoms with E-state index in [-0.39, 0.29) is 13.6 Å². The van der Waals surface area contributed by atoms with Gasteiger partial charge in [-0.25, -0.2) is 10.0 Å². The van der Waals surface area contributed by atoms with E-state index in [2.05, 4.69) is 31.9 Å². The van der Waals surface area contributed by atoms with Crippen molar-refractivity contribution in [3.05, 3.63) is 47.5 Å². The third kappa shape index (κ3) is 6.28. The van der Waals surface area contributed by atoms with Crippen LogP contribution < -0.4 is 40.7 Å². The minimum Gasteiger partial charge on any atom is -0.454 e. The highest BCUT2D eigenvalue weighted by Crippen LogP contribution is 2.32. The lowest BCUT2D eigenvalue weighted by atomic mass is 10.2. The van der Waals surface area contributed by atoms with Crippen molar-refractivity contribution in [2.45, 2.75) is 0 Å². The highest BCUT2D eigenvalue weighted by Gasteiger charge is 2.18. The third-order valence-corrected chi connectivity index (χ3v) is 5.72. The number of hydrogen-bond donors (Lipinski definition) is 4. The third-order valence-electron chi connectivity index (χ3n) is 5.35. The molecule has 0 atom stereocenters. The quantitative estimate of drug-likeness (QED) is 0.242. The molecule has 0 bridgehead atoms. The number of hydrazone groups is 2. The van der Waals surface area contributed by atoms with E-state index in [0.717, 1.165) is 48.8 Å². The first-order valence-corrected chi connectivity index (χ1v) is 11.9. The fourth-order valence-corrected chi connectivity index (χ4v) is 3.95. The molecule has 2 aromatic rings. The van der Waals surface area contributed by atoms with Crippen molar-refractivity contribution in [2.75, 3.05) is 39.8 Å². The summed E-state index contributed by atoms with van der Waals surface area (Å²) in [4.78, 5) is 0. The normalized spacial score (nSPS) is 16.9. The van der Waals surface area contributed by atoms with Gasteiger partial charge in [-0.1, -0.05) is 0 Å². The van der Waals surface area contributed by atoms with Gasteiger partial charge in [0.2, 0.25) is 23.8 Å². The molecule has 0 spiro atoms. The SMILES string of the molecule is S=C(N/N=C/c1ccc2c(c1)OCO2)NN1CCN(NC(=S)N/N=C/c2ccc3c(c2)OCO3)CC1. The molecule has 36 heavy (non-hydrogen) atoms. The average molecular weight is 529 g/mol. The number of hydrazine groups is 2. The van der Waals surface area contributed by atoms with Gasteiger partial charge in [-0.05, 0) is 72.0 Å². The summed E-state index contributed by atoms with van der Waals surface area (Å²) in [6, 6.07) is 11.2. The second-order valence-electron chi connectivity index (χ2n) is 7.82. The van der Waals surface area contributed by atoms with Gasteiger partial charge < -0.3 is 18.9 Å². The van der Waals surface area contributed by atoms with Crippen molar-refractivity contribution in [3.8, 4) is 23.0 Å². The van der Waals surface area contributed by atoms with Crippen molar-refractivity contribution in [1.82, 2.24) is 31.7 Å². The standard InChI is InChI=1S/C22H24N8O4S2/c35-21(25-23-11-15-1-3-17-19(9-15)33-13-31-17)27-29-5-7-30(8-6-29)28-22(36)26-24-12-16-2-4-18-20(10-16)34-14-32-18/h1-4,9-12H,5-8,13-14H2,(H2,25,27,35)(H2,26,28,36)/b23-11+,24-12+. The van der Waals surface area contributed by atoms with Crippen molar-refractivity contribution < 1.29 is 18.9 Å². The van der Waals surface area contributed by atoms with Crippen molar-refractivity contribution in [1.29, 1.82) is 0 Å². The van der Waals surface area contributed by atoms with Crippen molar-refractivity contribution in [2.24, 2.45) is 10.2 Å². The predicted molar refractivity (Wildman–Crippen MR) is 141 cm³/mol. The highest BCUT2D eigenvalue weighted by atomic mass is 32.1. The Bertz CT molecular complexity index is 1100. The Hall–Kier alpha value is -3.72. The molecule has 0 unspecified atom stereocenters. The summed E-state index contributed by atoms with van der Waals surface area (Å²) in [5.74, 6) is 2.88. The molecule has 1 fully saturated rings. The van der Waals surface area contributed by atoms with E-state index in [1.165, 1.54) is 0 Å². The Morgan fingerprint density at radius 2 is 1.08 bits per heavy atom. The number of ether oxygens (including phenoxy) is 4. The van der Waals surface area contributed by atoms with E-state index >= 15 is 0 Å². The molecule has 0 aliphatic carbocycles. The van der Waals surface area contributed by atoms with E-state index < -0.39 is 0 Å². The molecular weight excluding hydrogens is 504 g/mol. The number of thiocarbonyl (C=S) groups is 2. The van der Waals surface area contributed by atoms with E-state index in [0.29, 0.717) is 21.7 Å². The maximum absolute atomic E-state index is 5.37. The zero-order chi connectivity index (χ0) is 24.7. The second kappa shape index (κ2) is 11.3. The molecule has 0 aromatic heterocycles. The van der Waals surface area contributed by atoms with Gasteiger partial charge in [-0.2, -0.15) is 10.2 Å². The van der Waals surface area contributed by atoms with Crippen LogP contribution in [0.2, 0.25) is 0 Å². The van der Waals surface area contributed by atoms with Crippen LogP contribution >= 0.6 is 24.4 Å². The van der Waals surface area contributed by atoms with E-state index in [4.69, 9.17) is 43.4 Å². The van der Waals surface area contributed by atoms with Gasteiger partial charge in [-0.3, -0.25) is 21.7 Å². The Morgan fingerprint density at radius 1 is 0.667 bits per heavy atom. The average Bonchev–Trinajstić information content (AvgIpc) is 3.54. The fourth-order valence-electron chi connectivity index (χ4n) is 3.59. The van der Waals surface area contributed by atoms with Gasteiger partial charge >= 0.3 is 0 Å². The molecule has 3 aliphatic heterocycles. The molecule has 0 amide bonds. The van der Waals surface area contributed by atoms with Gasteiger partial charge in [0, 0.05) is 26.2 Å². The largest absolute Gasteiger partial charge is 0.454 e. The van der Waals surface area contributed by atoms with Crippen molar-refractivity contribution >= 4 is 47.1 Å². The summed E-state index contributed by atoms with van der Waals surface area (Å²) in [5, 5.41) is 13.2. The lowest BCUT2D eigenvalue weighted by Gasteiger charge is -2.35. The van der Waals surface area contributed by atoms with Gasteiger partial charge in [-0.15, -0.1) is 0 Å². The number of benzene rings is 2. The molecule has 12 nitrogen and oxygen atoms in total. The number of nitrogens with zero attached hydrogens (tertiary/aromatic N) is 4. The summed E-state index contributed by atoms with van der Waals surface area (Å²) in [6.45, 7) is 3.38. The monoisotopic (exact) mass is 528 g/mol. The summed E-state index contributed by atoms with van der Waals surface area (Å²) < 4.78 is 21.3. The highest BCUT2D eigenvalue weighted by molar-refractivity contribution is 7.80. The van der Waals surface area contributed by atoms with Gasteiger partial charge in [0.15, 0.2) is 23.0 Å². The molecule has 1 saturated heterocycles. The maximum atomic E-state index is 5.37. The first-order chi connectivity index (χ1) is 17.6. The Balaban J connectivity index is 0.983. The first-order valence-electron chi connectivity index (χ1n) is 11.1. The molecule has 0 radical (unpaired) electrons. The summed E-state index contributed by atoms with van der Waals surface area (Å²) in [5.41, 5.74) is 13.7. The fraction of sp³-hybridized carbons (Fsp3) is 0.273. The smallest absolute Gasteiger partial charge is 0.231 e. The lowest BCUT2D eigenvalue weighted by Crippen LogP contribution is -2.59. The summed E-state index contributed by atoms with van der Waals surface area (Å²) in [6.07, 6.45) is 3.33. The van der Waals surface area contributed by atoms with Crippen LogP contribution in [-0.4, -0.2) is 72.4 Å². The molecule has 188 valence electrons. The molecule has 2 aromatic carbocycles. The molecule has 0 saturated carbocycles. The van der Waals surface area contributed by atoms with Gasteiger partial charge in [0.1, 0.15) is 0 Å². The zero-order valence-corrected chi connectivity index (χ0v) is 20.7. The molecular formula is C22H24N8O4S2. The molecule has 14 heteroatoms. The van der Waals surface area contributed by atoms with Crippen LogP contribution in [0.25, 0.3) is 0 Å². The number of nitrogens with one attached hydrogen (secondary N) is 4. The molecule has 4 N–H and O–H groups in total. The second-order valence-corrected chi connectivity index (χ2v) is 8.64. The van der Waals surface area contributed by atoms with Crippen LogP contribution in [0.15, 0.2) is 46.6 Å². The van der Waals surface area contributed by atoms with Crippen LogP contribution in [0.3, 0.4) is 0 Å². The lowest BCUT2D eigenvalue weighted by molar-refractivity contribution is 0.0936. The van der Waals surface area contributed by atoms with Gasteiger partial charge in [0.05, 0.1) is 12.4 Å². The van der Waals surface area contributed by atoms with Crippen LogP contribution in [0.4, 0.5) is 0 Å². The minimum atomic E-state index is 0.240. The van der Waals surface area contributed by atoms with Crippen LogP contribution in [-0.2, 0) is 0 Å². The van der Waals surface area contributed by atoms with E-state index in [1.807, 2.05) is 46.4 Å². The predicted octanol–water partition coefficient (Wildman–Crippen LogP) is 0.888. The topological polar surface area (TPSA) is 116 Å². The first kappa shape index (κ1) is 24.0. The molecule has 5 rings (SSSR count). The van der Waals surface area contributed by atoms with Gasteiger partial charge in [0.25, 0.3) is 0 Å². The zero-order valence-electron chi connectivity index (χ0n) is 19.1. The summed E-state index contributed by atoms with van der Waals surface area (Å²) in [7, 11) is 0. The maximum Gasteiger partial charge on any atom is 0.231 e. The molecule has 3 aliphatic rings. The van der Waals surface area contributed by atoms with Crippen LogP contribution in [0.1, 0.15) is 11.1 Å². The van der Waals surface area contributed by atoms with Crippen LogP contribution in [0, 0.1) is 0 Å². The Morgan fingerprint density at radius 3 is 1.53 bits per heavy atom. The van der Waals surface area contributed by atoms with E-state index in [9.17, 15) is 0 Å². The van der Waals surface area contributed by atoms with Crippen LogP contribution in [0.5, 0.6) is 23.0 Å². The number of piperazine rings is 1. The number of fused-ring (bicyclic) bond motifs is 2.